The minimum Gasteiger partial charge on any atom is -0.482 e. The SMILES string of the molecule is C[C@@H]1CC(C)(C)N(C)c2cc(Cl)c(/C=N/NC(=O)COc3ccc(Cl)cc3Cl)cc21. The van der Waals surface area contributed by atoms with Crippen LogP contribution in [-0.4, -0.2) is 31.3 Å². The Balaban J connectivity index is 1.65. The maximum atomic E-state index is 12.0. The molecular weight excluding hydrogens is 445 g/mol. The van der Waals surface area contributed by atoms with Crippen molar-refractivity contribution in [1.29, 1.82) is 0 Å². The van der Waals surface area contributed by atoms with Crippen molar-refractivity contribution in [2.24, 2.45) is 5.10 Å². The Morgan fingerprint density at radius 2 is 2.00 bits per heavy atom. The van der Waals surface area contributed by atoms with E-state index in [1.54, 1.807) is 24.4 Å². The van der Waals surface area contributed by atoms with Crippen LogP contribution in [0.3, 0.4) is 0 Å². The fourth-order valence-electron chi connectivity index (χ4n) is 3.65. The molecule has 1 atom stereocenters. The number of hydrogen-bond acceptors (Lipinski definition) is 4. The van der Waals surface area contributed by atoms with Crippen molar-refractivity contribution in [2.75, 3.05) is 18.6 Å². The number of ether oxygens (including phenoxy) is 1. The van der Waals surface area contributed by atoms with Crippen molar-refractivity contribution in [3.63, 3.8) is 0 Å². The number of carbonyl (C=O) groups is 1. The molecule has 0 spiro atoms. The first-order chi connectivity index (χ1) is 14.1. The number of halogens is 3. The Bertz CT molecular complexity index is 992. The monoisotopic (exact) mass is 467 g/mol. The van der Waals surface area contributed by atoms with Gasteiger partial charge in [0.1, 0.15) is 5.75 Å². The summed E-state index contributed by atoms with van der Waals surface area (Å²) in [5.41, 5.74) is 5.59. The van der Waals surface area contributed by atoms with E-state index >= 15 is 0 Å². The number of hydrogen-bond donors (Lipinski definition) is 1. The average molecular weight is 469 g/mol. The second-order valence-electron chi connectivity index (χ2n) is 8.07. The number of benzene rings is 2. The third-order valence-electron chi connectivity index (χ3n) is 5.40. The van der Waals surface area contributed by atoms with E-state index in [0.717, 1.165) is 17.7 Å². The molecule has 0 aliphatic carbocycles. The second kappa shape index (κ2) is 9.04. The first kappa shape index (κ1) is 22.7. The van der Waals surface area contributed by atoms with Crippen LogP contribution < -0.4 is 15.1 Å². The van der Waals surface area contributed by atoms with Crippen molar-refractivity contribution in [1.82, 2.24) is 5.43 Å². The number of anilines is 1. The second-order valence-corrected chi connectivity index (χ2v) is 9.32. The first-order valence-corrected chi connectivity index (χ1v) is 10.7. The number of nitrogens with zero attached hydrogens (tertiary/aromatic N) is 2. The molecule has 8 heteroatoms. The Kier molecular flexibility index (Phi) is 6.85. The van der Waals surface area contributed by atoms with E-state index in [0.29, 0.717) is 26.7 Å². The van der Waals surface area contributed by atoms with Gasteiger partial charge in [-0.25, -0.2) is 5.43 Å². The number of rotatable bonds is 5. The quantitative estimate of drug-likeness (QED) is 0.439. The molecule has 2 aromatic rings. The van der Waals surface area contributed by atoms with Crippen LogP contribution in [0.15, 0.2) is 35.4 Å². The molecule has 3 rings (SSSR count). The molecule has 30 heavy (non-hydrogen) atoms. The average Bonchev–Trinajstić information content (AvgIpc) is 2.66. The van der Waals surface area contributed by atoms with Gasteiger partial charge in [-0.2, -0.15) is 5.10 Å². The molecule has 1 amide bonds. The van der Waals surface area contributed by atoms with Crippen LogP contribution in [0, 0.1) is 0 Å². The molecule has 0 aromatic heterocycles. The van der Waals surface area contributed by atoms with Gasteiger partial charge in [0.2, 0.25) is 0 Å². The Labute approximate surface area is 191 Å². The van der Waals surface area contributed by atoms with Crippen molar-refractivity contribution < 1.29 is 9.53 Å². The fraction of sp³-hybridized carbons (Fsp3) is 0.364. The van der Waals surface area contributed by atoms with Gasteiger partial charge < -0.3 is 9.64 Å². The molecule has 1 heterocycles. The zero-order chi connectivity index (χ0) is 22.1. The predicted molar refractivity (Wildman–Crippen MR) is 125 cm³/mol. The molecule has 0 radical (unpaired) electrons. The highest BCUT2D eigenvalue weighted by Gasteiger charge is 2.34. The van der Waals surface area contributed by atoms with Crippen molar-refractivity contribution >= 4 is 52.6 Å². The Morgan fingerprint density at radius 3 is 2.70 bits per heavy atom. The van der Waals surface area contributed by atoms with Crippen molar-refractivity contribution in [3.8, 4) is 5.75 Å². The highest BCUT2D eigenvalue weighted by molar-refractivity contribution is 6.35. The van der Waals surface area contributed by atoms with Gasteiger partial charge in [0.25, 0.3) is 5.91 Å². The smallest absolute Gasteiger partial charge is 0.277 e. The number of nitrogens with one attached hydrogen (secondary N) is 1. The summed E-state index contributed by atoms with van der Waals surface area (Å²) in [6, 6.07) is 8.78. The van der Waals surface area contributed by atoms with Crippen LogP contribution in [0.1, 0.15) is 44.2 Å². The van der Waals surface area contributed by atoms with Gasteiger partial charge in [0.15, 0.2) is 6.61 Å². The number of carbonyl (C=O) groups excluding carboxylic acids is 1. The third-order valence-corrected chi connectivity index (χ3v) is 6.26. The molecule has 0 fully saturated rings. The summed E-state index contributed by atoms with van der Waals surface area (Å²) in [5.74, 6) is 0.350. The summed E-state index contributed by atoms with van der Waals surface area (Å²) in [6.45, 7) is 6.44. The molecule has 0 saturated carbocycles. The van der Waals surface area contributed by atoms with E-state index in [2.05, 4.69) is 43.2 Å². The van der Waals surface area contributed by atoms with Crippen LogP contribution in [0.5, 0.6) is 5.75 Å². The lowest BCUT2D eigenvalue weighted by Crippen LogP contribution is -2.45. The van der Waals surface area contributed by atoms with E-state index in [-0.39, 0.29) is 12.1 Å². The zero-order valence-corrected chi connectivity index (χ0v) is 19.6. The summed E-state index contributed by atoms with van der Waals surface area (Å²) >= 11 is 18.3. The lowest BCUT2D eigenvalue weighted by atomic mass is 9.80. The van der Waals surface area contributed by atoms with Crippen LogP contribution in [-0.2, 0) is 4.79 Å². The zero-order valence-electron chi connectivity index (χ0n) is 17.3. The normalized spacial score (nSPS) is 17.7. The van der Waals surface area contributed by atoms with Crippen LogP contribution in [0.25, 0.3) is 0 Å². The van der Waals surface area contributed by atoms with Gasteiger partial charge in [0, 0.05) is 28.9 Å². The summed E-state index contributed by atoms with van der Waals surface area (Å²) in [6.07, 6.45) is 2.58. The molecule has 160 valence electrons. The summed E-state index contributed by atoms with van der Waals surface area (Å²) < 4.78 is 5.39. The van der Waals surface area contributed by atoms with E-state index in [9.17, 15) is 4.79 Å². The lowest BCUT2D eigenvalue weighted by molar-refractivity contribution is -0.123. The van der Waals surface area contributed by atoms with Crippen LogP contribution >= 0.6 is 34.8 Å². The number of hydrazone groups is 1. The van der Waals surface area contributed by atoms with Gasteiger partial charge in [0.05, 0.1) is 16.3 Å². The third kappa shape index (κ3) is 5.02. The maximum absolute atomic E-state index is 12.0. The van der Waals surface area contributed by atoms with Gasteiger partial charge in [-0.1, -0.05) is 41.7 Å². The van der Waals surface area contributed by atoms with Crippen molar-refractivity contribution in [3.05, 3.63) is 56.5 Å². The summed E-state index contributed by atoms with van der Waals surface area (Å²) in [4.78, 5) is 14.3. The molecule has 0 bridgehead atoms. The highest BCUT2D eigenvalue weighted by Crippen LogP contribution is 2.44. The molecule has 1 N–H and O–H groups in total. The molecule has 5 nitrogen and oxygen atoms in total. The van der Waals surface area contributed by atoms with Gasteiger partial charge in [-0.3, -0.25) is 4.79 Å². The lowest BCUT2D eigenvalue weighted by Gasteiger charge is -2.45. The molecule has 1 aliphatic rings. The maximum Gasteiger partial charge on any atom is 0.277 e. The summed E-state index contributed by atoms with van der Waals surface area (Å²) in [7, 11) is 2.09. The molecular formula is C22H24Cl3N3O2. The molecule has 2 aromatic carbocycles. The standard InChI is InChI=1S/C22H24Cl3N3O2/c1-13-10-22(2,3)28(4)19-9-17(24)14(7-16(13)19)11-26-27-21(29)12-30-20-6-5-15(23)8-18(20)25/h5-9,11,13H,10,12H2,1-4H3,(H,27,29)/b26-11+/t13-/m1/s1. The van der Waals surface area contributed by atoms with Crippen LogP contribution in [0.2, 0.25) is 15.1 Å². The molecule has 1 aliphatic heterocycles. The van der Waals surface area contributed by atoms with E-state index in [4.69, 9.17) is 39.5 Å². The van der Waals surface area contributed by atoms with E-state index in [1.807, 2.05) is 12.1 Å². The van der Waals surface area contributed by atoms with E-state index in [1.165, 1.54) is 5.56 Å². The largest absolute Gasteiger partial charge is 0.482 e. The highest BCUT2D eigenvalue weighted by atomic mass is 35.5. The van der Waals surface area contributed by atoms with Crippen LogP contribution in [0.4, 0.5) is 5.69 Å². The van der Waals surface area contributed by atoms with Gasteiger partial charge >= 0.3 is 0 Å². The topological polar surface area (TPSA) is 53.9 Å². The Hall–Kier alpha value is -1.95. The van der Waals surface area contributed by atoms with Gasteiger partial charge in [-0.15, -0.1) is 0 Å². The Morgan fingerprint density at radius 1 is 1.27 bits per heavy atom. The predicted octanol–water partition coefficient (Wildman–Crippen LogP) is 5.90. The minimum absolute atomic E-state index is 0.0618. The molecule has 0 saturated heterocycles. The first-order valence-electron chi connectivity index (χ1n) is 9.55. The van der Waals surface area contributed by atoms with Crippen molar-refractivity contribution in [2.45, 2.75) is 38.6 Å². The number of amides is 1. The minimum atomic E-state index is -0.416. The number of fused-ring (bicyclic) bond motifs is 1. The van der Waals surface area contributed by atoms with E-state index < -0.39 is 5.91 Å². The summed E-state index contributed by atoms with van der Waals surface area (Å²) in [5, 5.41) is 5.42. The molecule has 0 unspecified atom stereocenters. The van der Waals surface area contributed by atoms with Gasteiger partial charge in [-0.05, 0) is 62.1 Å². The fourth-order valence-corrected chi connectivity index (χ4v) is 4.31.